The van der Waals surface area contributed by atoms with Crippen molar-refractivity contribution in [1.29, 1.82) is 0 Å². The Morgan fingerprint density at radius 3 is 2.79 bits per heavy atom. The highest BCUT2D eigenvalue weighted by atomic mass is 35.5. The van der Waals surface area contributed by atoms with Crippen molar-refractivity contribution in [3.05, 3.63) is 18.0 Å². The molecule has 2 fully saturated rings. The van der Waals surface area contributed by atoms with E-state index in [1.54, 1.807) is 0 Å². The Balaban J connectivity index is 0.00000208. The zero-order valence-electron chi connectivity index (χ0n) is 14.4. The summed E-state index contributed by atoms with van der Waals surface area (Å²) in [5, 5.41) is 17.5. The van der Waals surface area contributed by atoms with Crippen LogP contribution in [-0.4, -0.2) is 58.5 Å². The molecule has 136 valence electrons. The van der Waals surface area contributed by atoms with E-state index in [2.05, 4.69) is 17.3 Å². The third-order valence-electron chi connectivity index (χ3n) is 5.67. The van der Waals surface area contributed by atoms with E-state index in [1.165, 1.54) is 0 Å². The second kappa shape index (κ2) is 8.32. The van der Waals surface area contributed by atoms with Crippen LogP contribution < -0.4 is 5.32 Å². The van der Waals surface area contributed by atoms with Crippen LogP contribution in [0.5, 0.6) is 0 Å². The minimum absolute atomic E-state index is 0. The lowest BCUT2D eigenvalue weighted by Crippen LogP contribution is -2.44. The Morgan fingerprint density at radius 1 is 1.46 bits per heavy atom. The topological polar surface area (TPSA) is 70.4 Å². The smallest absolute Gasteiger partial charge is 0.274 e. The van der Waals surface area contributed by atoms with E-state index < -0.39 is 0 Å². The molecule has 0 aliphatic carbocycles. The van der Waals surface area contributed by atoms with Crippen molar-refractivity contribution in [1.82, 2.24) is 20.0 Å². The molecule has 2 saturated heterocycles. The number of likely N-dealkylation sites (tertiary alicyclic amines) is 1. The summed E-state index contributed by atoms with van der Waals surface area (Å²) in [4.78, 5) is 14.5. The Kier molecular flexibility index (Phi) is 6.66. The second-order valence-corrected chi connectivity index (χ2v) is 6.99. The standard InChI is InChI=1S/C17H28N4O2.ClH/c1-2-17(13-22)6-10-20(11-7-17)16(23)15-5-9-21(19-15)14-4-3-8-18-12-14;/h5,9,14,18,22H,2-4,6-8,10-13H2,1H3;1H. The number of rotatable bonds is 4. The lowest BCUT2D eigenvalue weighted by Gasteiger charge is -2.40. The summed E-state index contributed by atoms with van der Waals surface area (Å²) < 4.78 is 1.94. The highest BCUT2D eigenvalue weighted by Gasteiger charge is 2.34. The van der Waals surface area contributed by atoms with Gasteiger partial charge in [0.25, 0.3) is 5.91 Å². The van der Waals surface area contributed by atoms with E-state index in [0.717, 1.165) is 45.2 Å². The van der Waals surface area contributed by atoms with Gasteiger partial charge in [-0.05, 0) is 50.1 Å². The molecule has 0 saturated carbocycles. The van der Waals surface area contributed by atoms with Gasteiger partial charge in [-0.15, -0.1) is 12.4 Å². The first kappa shape index (κ1) is 19.2. The van der Waals surface area contributed by atoms with Crippen LogP contribution in [0.2, 0.25) is 0 Å². The molecule has 0 bridgehead atoms. The number of aromatic nitrogens is 2. The van der Waals surface area contributed by atoms with Gasteiger partial charge in [0.1, 0.15) is 5.69 Å². The molecule has 1 aromatic rings. The van der Waals surface area contributed by atoms with Crippen LogP contribution in [0.25, 0.3) is 0 Å². The van der Waals surface area contributed by atoms with Crippen LogP contribution in [0.3, 0.4) is 0 Å². The van der Waals surface area contributed by atoms with Gasteiger partial charge in [-0.25, -0.2) is 0 Å². The largest absolute Gasteiger partial charge is 0.396 e. The summed E-state index contributed by atoms with van der Waals surface area (Å²) in [6, 6.07) is 2.19. The summed E-state index contributed by atoms with van der Waals surface area (Å²) in [6.07, 6.45) is 6.91. The number of carbonyl (C=O) groups excluding carboxylic acids is 1. The Labute approximate surface area is 150 Å². The normalized spacial score (nSPS) is 23.6. The summed E-state index contributed by atoms with van der Waals surface area (Å²) in [5.41, 5.74) is 0.549. The third kappa shape index (κ3) is 3.92. The number of piperidine rings is 2. The second-order valence-electron chi connectivity index (χ2n) is 6.99. The van der Waals surface area contributed by atoms with Gasteiger partial charge in [0.2, 0.25) is 0 Å². The minimum atomic E-state index is 0. The number of carbonyl (C=O) groups is 1. The SMILES string of the molecule is CCC1(CO)CCN(C(=O)c2ccn(C3CCCNC3)n2)CC1.Cl. The molecular formula is C17H29ClN4O2. The van der Waals surface area contributed by atoms with Crippen molar-refractivity contribution in [2.75, 3.05) is 32.8 Å². The van der Waals surface area contributed by atoms with Crippen LogP contribution in [0.4, 0.5) is 0 Å². The summed E-state index contributed by atoms with van der Waals surface area (Å²) in [7, 11) is 0. The average molecular weight is 357 g/mol. The predicted octanol–water partition coefficient (Wildman–Crippen LogP) is 1.85. The van der Waals surface area contributed by atoms with E-state index in [0.29, 0.717) is 24.8 Å². The summed E-state index contributed by atoms with van der Waals surface area (Å²) in [5.74, 6) is 0.0233. The van der Waals surface area contributed by atoms with Crippen LogP contribution in [-0.2, 0) is 0 Å². The van der Waals surface area contributed by atoms with Gasteiger partial charge in [0.05, 0.1) is 6.04 Å². The molecule has 0 spiro atoms. The van der Waals surface area contributed by atoms with E-state index in [1.807, 2.05) is 21.8 Å². The van der Waals surface area contributed by atoms with Gasteiger partial charge in [-0.3, -0.25) is 9.48 Å². The van der Waals surface area contributed by atoms with Crippen molar-refractivity contribution in [3.8, 4) is 0 Å². The van der Waals surface area contributed by atoms with E-state index in [-0.39, 0.29) is 30.3 Å². The number of aliphatic hydroxyl groups excluding tert-OH is 1. The average Bonchev–Trinajstić information content (AvgIpc) is 3.12. The summed E-state index contributed by atoms with van der Waals surface area (Å²) >= 11 is 0. The molecule has 7 heteroatoms. The number of halogens is 1. The fourth-order valence-electron chi connectivity index (χ4n) is 3.68. The minimum Gasteiger partial charge on any atom is -0.396 e. The number of hydrogen-bond acceptors (Lipinski definition) is 4. The molecule has 1 amide bonds. The fourth-order valence-corrected chi connectivity index (χ4v) is 3.68. The maximum absolute atomic E-state index is 12.7. The maximum atomic E-state index is 12.7. The number of nitrogens with zero attached hydrogens (tertiary/aromatic N) is 3. The number of nitrogens with one attached hydrogen (secondary N) is 1. The molecule has 3 rings (SSSR count). The van der Waals surface area contributed by atoms with Crippen LogP contribution in [0.15, 0.2) is 12.3 Å². The van der Waals surface area contributed by atoms with Crippen molar-refractivity contribution < 1.29 is 9.90 Å². The van der Waals surface area contributed by atoms with Crippen LogP contribution >= 0.6 is 12.4 Å². The van der Waals surface area contributed by atoms with Crippen molar-refractivity contribution in [2.24, 2.45) is 5.41 Å². The van der Waals surface area contributed by atoms with Gasteiger partial charge in [-0.2, -0.15) is 5.10 Å². The van der Waals surface area contributed by atoms with Gasteiger partial charge < -0.3 is 15.3 Å². The van der Waals surface area contributed by atoms with Crippen molar-refractivity contribution in [2.45, 2.75) is 45.1 Å². The van der Waals surface area contributed by atoms with Crippen molar-refractivity contribution in [3.63, 3.8) is 0 Å². The van der Waals surface area contributed by atoms with Gasteiger partial charge in [0.15, 0.2) is 0 Å². The zero-order valence-corrected chi connectivity index (χ0v) is 15.2. The molecule has 2 aliphatic rings. The number of hydrogen-bond donors (Lipinski definition) is 2. The Hall–Kier alpha value is -1.11. The maximum Gasteiger partial charge on any atom is 0.274 e. The van der Waals surface area contributed by atoms with Gasteiger partial charge >= 0.3 is 0 Å². The number of amides is 1. The molecule has 0 aromatic carbocycles. The molecule has 24 heavy (non-hydrogen) atoms. The first-order valence-corrected chi connectivity index (χ1v) is 8.83. The quantitative estimate of drug-likeness (QED) is 0.863. The molecule has 3 heterocycles. The lowest BCUT2D eigenvalue weighted by molar-refractivity contribution is 0.0334. The lowest BCUT2D eigenvalue weighted by atomic mass is 9.77. The zero-order chi connectivity index (χ0) is 16.3. The predicted molar refractivity (Wildman–Crippen MR) is 95.6 cm³/mol. The highest BCUT2D eigenvalue weighted by molar-refractivity contribution is 5.92. The monoisotopic (exact) mass is 356 g/mol. The molecule has 1 atom stereocenters. The molecule has 2 aliphatic heterocycles. The Bertz CT molecular complexity index is 528. The third-order valence-corrected chi connectivity index (χ3v) is 5.67. The fraction of sp³-hybridized carbons (Fsp3) is 0.765. The first-order chi connectivity index (χ1) is 11.2. The molecular weight excluding hydrogens is 328 g/mol. The Morgan fingerprint density at radius 2 is 2.21 bits per heavy atom. The number of aliphatic hydroxyl groups is 1. The van der Waals surface area contributed by atoms with Gasteiger partial charge in [0, 0.05) is 32.4 Å². The van der Waals surface area contributed by atoms with Crippen molar-refractivity contribution >= 4 is 18.3 Å². The first-order valence-electron chi connectivity index (χ1n) is 8.83. The van der Waals surface area contributed by atoms with E-state index in [9.17, 15) is 9.90 Å². The van der Waals surface area contributed by atoms with Crippen LogP contribution in [0, 0.1) is 5.41 Å². The summed E-state index contributed by atoms with van der Waals surface area (Å²) in [6.45, 7) is 5.76. The van der Waals surface area contributed by atoms with E-state index >= 15 is 0 Å². The molecule has 0 radical (unpaired) electrons. The van der Waals surface area contributed by atoms with E-state index in [4.69, 9.17) is 0 Å². The van der Waals surface area contributed by atoms with Gasteiger partial charge in [-0.1, -0.05) is 6.92 Å². The highest BCUT2D eigenvalue weighted by Crippen LogP contribution is 2.34. The molecule has 1 unspecified atom stereocenters. The molecule has 1 aromatic heterocycles. The van der Waals surface area contributed by atoms with Crippen LogP contribution in [0.1, 0.15) is 55.6 Å². The molecule has 6 nitrogen and oxygen atoms in total. The molecule has 2 N–H and O–H groups in total.